The molecule has 8 nitrogen and oxygen atoms in total. The number of aromatic nitrogens is 4. The van der Waals surface area contributed by atoms with Crippen LogP contribution >= 0.6 is 23.1 Å². The first-order valence-electron chi connectivity index (χ1n) is 11.8. The van der Waals surface area contributed by atoms with Gasteiger partial charge < -0.3 is 10.3 Å². The van der Waals surface area contributed by atoms with E-state index in [0.717, 1.165) is 53.5 Å². The Labute approximate surface area is 210 Å². The van der Waals surface area contributed by atoms with Gasteiger partial charge in [-0.15, -0.1) is 11.3 Å². The Kier molecular flexibility index (Phi) is 6.66. The van der Waals surface area contributed by atoms with Gasteiger partial charge in [-0.3, -0.25) is 19.1 Å². The summed E-state index contributed by atoms with van der Waals surface area (Å²) in [5.41, 5.74) is 2.34. The number of thiophene rings is 1. The van der Waals surface area contributed by atoms with Crippen LogP contribution in [0.1, 0.15) is 41.8 Å². The molecule has 1 aliphatic rings. The van der Waals surface area contributed by atoms with E-state index in [9.17, 15) is 14.4 Å². The third-order valence-electron chi connectivity index (χ3n) is 6.46. The number of fused-ring (bicyclic) bond motifs is 3. The van der Waals surface area contributed by atoms with Crippen molar-refractivity contribution in [2.24, 2.45) is 7.05 Å². The Bertz CT molecular complexity index is 1510. The number of amides is 1. The lowest BCUT2D eigenvalue weighted by atomic mass is 9.98. The van der Waals surface area contributed by atoms with Gasteiger partial charge in [-0.05, 0) is 50.3 Å². The zero-order valence-electron chi connectivity index (χ0n) is 19.7. The van der Waals surface area contributed by atoms with Gasteiger partial charge in [-0.25, -0.2) is 9.67 Å². The maximum Gasteiger partial charge on any atom is 0.295 e. The van der Waals surface area contributed by atoms with Crippen molar-refractivity contribution in [2.75, 3.05) is 11.1 Å². The lowest BCUT2D eigenvalue weighted by molar-refractivity contribution is -0.113. The molecule has 35 heavy (non-hydrogen) atoms. The van der Waals surface area contributed by atoms with Crippen LogP contribution in [0.25, 0.3) is 15.9 Å². The van der Waals surface area contributed by atoms with E-state index in [1.165, 1.54) is 22.4 Å². The number of H-pyrrole nitrogens is 1. The van der Waals surface area contributed by atoms with Gasteiger partial charge in [-0.1, -0.05) is 42.8 Å². The summed E-state index contributed by atoms with van der Waals surface area (Å²) < 4.78 is 3.24. The van der Waals surface area contributed by atoms with Crippen LogP contribution in [0.5, 0.6) is 0 Å². The molecule has 0 spiro atoms. The van der Waals surface area contributed by atoms with E-state index in [1.54, 1.807) is 30.0 Å². The molecule has 0 bridgehead atoms. The average molecular weight is 510 g/mol. The number of hydrogen-bond donors (Lipinski definition) is 2. The van der Waals surface area contributed by atoms with Crippen molar-refractivity contribution in [3.63, 3.8) is 0 Å². The monoisotopic (exact) mass is 509 g/mol. The third kappa shape index (κ3) is 4.60. The minimum Gasteiger partial charge on any atom is -0.319 e. The summed E-state index contributed by atoms with van der Waals surface area (Å²) in [6.07, 6.45) is 6.58. The van der Waals surface area contributed by atoms with Crippen LogP contribution in [0.15, 0.2) is 45.1 Å². The number of aryl methyl sites for hydroxylation is 2. The Morgan fingerprint density at radius 1 is 1.14 bits per heavy atom. The highest BCUT2D eigenvalue weighted by Gasteiger charge is 2.20. The van der Waals surface area contributed by atoms with E-state index in [1.807, 2.05) is 30.3 Å². The van der Waals surface area contributed by atoms with Crippen LogP contribution in [-0.2, 0) is 24.7 Å². The quantitative estimate of drug-likeness (QED) is 0.311. The topological polar surface area (TPSA) is 102 Å². The van der Waals surface area contributed by atoms with Gasteiger partial charge in [-0.2, -0.15) is 0 Å². The summed E-state index contributed by atoms with van der Waals surface area (Å²) in [5, 5.41) is 3.88. The first-order valence-corrected chi connectivity index (χ1v) is 13.6. The highest BCUT2D eigenvalue weighted by atomic mass is 32.2. The zero-order chi connectivity index (χ0) is 24.5. The van der Waals surface area contributed by atoms with Gasteiger partial charge in [0.15, 0.2) is 5.16 Å². The van der Waals surface area contributed by atoms with E-state index in [2.05, 4.69) is 15.3 Å². The minimum atomic E-state index is -0.331. The lowest BCUT2D eigenvalue weighted by Gasteiger charge is -2.08. The number of benzene rings is 1. The molecule has 1 amide bonds. The van der Waals surface area contributed by atoms with Gasteiger partial charge in [0.25, 0.3) is 11.1 Å². The van der Waals surface area contributed by atoms with Crippen LogP contribution in [0.2, 0.25) is 0 Å². The second kappa shape index (κ2) is 9.87. The van der Waals surface area contributed by atoms with Gasteiger partial charge in [0.2, 0.25) is 5.91 Å². The second-order valence-electron chi connectivity index (χ2n) is 8.74. The van der Waals surface area contributed by atoms with Gasteiger partial charge in [0, 0.05) is 11.9 Å². The molecule has 0 saturated heterocycles. The molecule has 1 aliphatic carbocycles. The zero-order valence-corrected chi connectivity index (χ0v) is 21.4. The van der Waals surface area contributed by atoms with E-state index in [-0.39, 0.29) is 28.5 Å². The first kappa shape index (κ1) is 23.6. The summed E-state index contributed by atoms with van der Waals surface area (Å²) in [4.78, 5) is 48.1. The summed E-state index contributed by atoms with van der Waals surface area (Å²) in [7, 11) is 1.78. The smallest absolute Gasteiger partial charge is 0.295 e. The van der Waals surface area contributed by atoms with Crippen molar-refractivity contribution in [1.29, 1.82) is 0 Å². The predicted molar refractivity (Wildman–Crippen MR) is 141 cm³/mol. The molecule has 1 aromatic carbocycles. The van der Waals surface area contributed by atoms with Gasteiger partial charge >= 0.3 is 0 Å². The maximum atomic E-state index is 13.0. The van der Waals surface area contributed by atoms with Crippen LogP contribution in [0.3, 0.4) is 0 Å². The molecule has 0 atom stereocenters. The van der Waals surface area contributed by atoms with E-state index < -0.39 is 0 Å². The third-order valence-corrected chi connectivity index (χ3v) is 8.52. The minimum absolute atomic E-state index is 0.0264. The molecular formula is C25H27N5O3S2. The fraction of sp³-hybridized carbons (Fsp3) is 0.360. The average Bonchev–Trinajstić information content (AvgIpc) is 3.27. The molecule has 5 rings (SSSR count). The van der Waals surface area contributed by atoms with Gasteiger partial charge in [0.1, 0.15) is 10.5 Å². The van der Waals surface area contributed by atoms with Crippen LogP contribution in [-0.4, -0.2) is 31.0 Å². The number of nitrogens with zero attached hydrogens (tertiary/aromatic N) is 3. The normalized spacial score (nSPS) is 13.9. The molecule has 182 valence electrons. The highest BCUT2D eigenvalue weighted by molar-refractivity contribution is 7.99. The molecule has 0 saturated carbocycles. The summed E-state index contributed by atoms with van der Waals surface area (Å²) in [6.45, 7) is 1.79. The number of aromatic amines is 1. The fourth-order valence-electron chi connectivity index (χ4n) is 4.59. The largest absolute Gasteiger partial charge is 0.319 e. The molecule has 4 aromatic rings. The number of nitrogens with one attached hydrogen (secondary N) is 2. The van der Waals surface area contributed by atoms with Crippen LogP contribution in [0.4, 0.5) is 5.69 Å². The van der Waals surface area contributed by atoms with Crippen molar-refractivity contribution in [3.05, 3.63) is 67.2 Å². The molecule has 0 fully saturated rings. The first-order chi connectivity index (χ1) is 16.9. The molecule has 3 aromatic heterocycles. The van der Waals surface area contributed by atoms with E-state index in [4.69, 9.17) is 0 Å². The predicted octanol–water partition coefficient (Wildman–Crippen LogP) is 4.17. The van der Waals surface area contributed by atoms with E-state index >= 15 is 0 Å². The SMILES string of the molecule is Cc1c(NC(=O)CSc2nc3sc4c(c3c(=O)[nH]2)CCCCCC4)c(=O)n(-c2ccccc2)n1C. The molecule has 0 unspecified atom stereocenters. The Balaban J connectivity index is 1.33. The van der Waals surface area contributed by atoms with Crippen molar-refractivity contribution in [3.8, 4) is 5.69 Å². The van der Waals surface area contributed by atoms with Crippen LogP contribution < -0.4 is 16.4 Å². The van der Waals surface area contributed by atoms with Crippen LogP contribution in [0, 0.1) is 6.92 Å². The summed E-state index contributed by atoms with van der Waals surface area (Å²) in [5.74, 6) is -0.305. The molecule has 0 aliphatic heterocycles. The molecular weight excluding hydrogens is 482 g/mol. The maximum absolute atomic E-state index is 13.0. The van der Waals surface area contributed by atoms with E-state index in [0.29, 0.717) is 16.2 Å². The second-order valence-corrected chi connectivity index (χ2v) is 10.8. The Morgan fingerprint density at radius 2 is 1.89 bits per heavy atom. The summed E-state index contributed by atoms with van der Waals surface area (Å²) >= 11 is 2.76. The Morgan fingerprint density at radius 3 is 2.66 bits per heavy atom. The highest BCUT2D eigenvalue weighted by Crippen LogP contribution is 2.33. The van der Waals surface area contributed by atoms with Crippen molar-refractivity contribution in [1.82, 2.24) is 19.3 Å². The number of hydrogen-bond acceptors (Lipinski definition) is 6. The number of para-hydroxylation sites is 1. The number of rotatable bonds is 5. The molecule has 2 N–H and O–H groups in total. The molecule has 0 radical (unpaired) electrons. The molecule has 10 heteroatoms. The van der Waals surface area contributed by atoms with Gasteiger partial charge in [0.05, 0.1) is 22.5 Å². The number of anilines is 1. The Hall–Kier alpha value is -3.11. The fourth-order valence-corrected chi connectivity index (χ4v) is 6.57. The standard InChI is InChI=1S/C25H27N5O3S2/c1-15-21(24(33)30(29(15)2)16-10-6-5-7-11-16)26-19(31)14-34-25-27-22(32)20-17-12-8-3-4-9-13-18(17)35-23(20)28-25/h5-7,10-11H,3-4,8-9,12-14H2,1-2H3,(H,26,31)(H,27,28,32). The number of carbonyl (C=O) groups excluding carboxylic acids is 1. The lowest BCUT2D eigenvalue weighted by Crippen LogP contribution is -2.23. The van der Waals surface area contributed by atoms with Crippen molar-refractivity contribution in [2.45, 2.75) is 50.6 Å². The van der Waals surface area contributed by atoms with Crippen molar-refractivity contribution < 1.29 is 4.79 Å². The number of thioether (sulfide) groups is 1. The number of carbonyl (C=O) groups is 1. The molecule has 3 heterocycles. The summed E-state index contributed by atoms with van der Waals surface area (Å²) in [6, 6.07) is 9.28. The van der Waals surface area contributed by atoms with Crippen molar-refractivity contribution >= 4 is 44.9 Å².